The molecule has 0 atom stereocenters. The van der Waals surface area contributed by atoms with E-state index in [1.807, 2.05) is 0 Å². The lowest BCUT2D eigenvalue weighted by molar-refractivity contribution is -0.137. The molecule has 10 heteroatoms. The number of amides is 1. The number of aromatic nitrogens is 2. The van der Waals surface area contributed by atoms with E-state index in [0.29, 0.717) is 6.07 Å². The molecule has 3 rings (SSSR count). The fraction of sp³-hybridized carbons (Fsp3) is 0.118. The van der Waals surface area contributed by atoms with Crippen LogP contribution in [0.3, 0.4) is 0 Å². The maximum absolute atomic E-state index is 13.4. The number of alkyl halides is 3. The predicted octanol–water partition coefficient (Wildman–Crippen LogP) is 4.00. The second-order valence-electron chi connectivity index (χ2n) is 5.61. The standard InChI is InChI=1S/C17H10ClF4N3O2/c1-25-13-5-3-9(19)7-10(13)15(26)14(24-25)16(27)23-12-6-8(17(20,21)22)2-4-11(12)18/h2-7H,1H3,(H,23,27). The Labute approximate surface area is 154 Å². The Hall–Kier alpha value is -2.94. The Balaban J connectivity index is 2.05. The number of halogens is 5. The summed E-state index contributed by atoms with van der Waals surface area (Å²) in [5, 5.41) is 5.73. The zero-order valence-corrected chi connectivity index (χ0v) is 14.3. The molecule has 5 nitrogen and oxygen atoms in total. The monoisotopic (exact) mass is 399 g/mol. The maximum atomic E-state index is 13.4. The molecule has 0 bridgehead atoms. The minimum absolute atomic E-state index is 0.0900. The fourth-order valence-electron chi connectivity index (χ4n) is 2.48. The van der Waals surface area contributed by atoms with E-state index in [9.17, 15) is 27.2 Å². The van der Waals surface area contributed by atoms with Crippen molar-refractivity contribution in [2.24, 2.45) is 7.05 Å². The molecule has 0 aliphatic rings. The molecule has 0 spiro atoms. The van der Waals surface area contributed by atoms with Gasteiger partial charge < -0.3 is 5.32 Å². The second kappa shape index (κ2) is 6.66. The van der Waals surface area contributed by atoms with Crippen molar-refractivity contribution in [2.75, 3.05) is 5.32 Å². The van der Waals surface area contributed by atoms with E-state index in [0.717, 1.165) is 24.3 Å². The zero-order chi connectivity index (χ0) is 19.9. The van der Waals surface area contributed by atoms with Crippen molar-refractivity contribution in [1.29, 1.82) is 0 Å². The molecule has 1 N–H and O–H groups in total. The summed E-state index contributed by atoms with van der Waals surface area (Å²) in [4.78, 5) is 24.9. The number of carbonyl (C=O) groups excluding carboxylic acids is 1. The van der Waals surface area contributed by atoms with E-state index in [1.165, 1.54) is 17.8 Å². The number of nitrogens with one attached hydrogen (secondary N) is 1. The summed E-state index contributed by atoms with van der Waals surface area (Å²) in [6, 6.07) is 5.78. The summed E-state index contributed by atoms with van der Waals surface area (Å²) in [6.45, 7) is 0. The predicted molar refractivity (Wildman–Crippen MR) is 91.3 cm³/mol. The number of hydrogen-bond acceptors (Lipinski definition) is 3. The smallest absolute Gasteiger partial charge is 0.319 e. The minimum Gasteiger partial charge on any atom is -0.319 e. The summed E-state index contributed by atoms with van der Waals surface area (Å²) in [7, 11) is 1.44. The first-order valence-electron chi connectivity index (χ1n) is 7.42. The number of fused-ring (bicyclic) bond motifs is 1. The van der Waals surface area contributed by atoms with Gasteiger partial charge >= 0.3 is 6.18 Å². The van der Waals surface area contributed by atoms with E-state index in [-0.39, 0.29) is 21.6 Å². The van der Waals surface area contributed by atoms with Gasteiger partial charge in [0.1, 0.15) is 5.82 Å². The van der Waals surface area contributed by atoms with E-state index in [2.05, 4.69) is 10.4 Å². The lowest BCUT2D eigenvalue weighted by atomic mass is 10.1. The summed E-state index contributed by atoms with van der Waals surface area (Å²) >= 11 is 5.83. The van der Waals surface area contributed by atoms with Gasteiger partial charge in [-0.1, -0.05) is 11.6 Å². The molecule has 0 radical (unpaired) electrons. The van der Waals surface area contributed by atoms with Gasteiger partial charge in [-0.05, 0) is 36.4 Å². The number of rotatable bonds is 2. The average molecular weight is 400 g/mol. The molecule has 0 aliphatic heterocycles. The van der Waals surface area contributed by atoms with Gasteiger partial charge in [0.25, 0.3) is 5.91 Å². The van der Waals surface area contributed by atoms with Gasteiger partial charge in [-0.2, -0.15) is 18.3 Å². The maximum Gasteiger partial charge on any atom is 0.416 e. The van der Waals surface area contributed by atoms with Crippen LogP contribution in [0.4, 0.5) is 23.2 Å². The van der Waals surface area contributed by atoms with E-state index in [4.69, 9.17) is 11.6 Å². The highest BCUT2D eigenvalue weighted by atomic mass is 35.5. The van der Waals surface area contributed by atoms with Crippen LogP contribution in [0.2, 0.25) is 5.02 Å². The zero-order valence-electron chi connectivity index (χ0n) is 13.6. The van der Waals surface area contributed by atoms with Crippen molar-refractivity contribution >= 4 is 34.1 Å². The summed E-state index contributed by atoms with van der Waals surface area (Å²) in [5.74, 6) is -1.75. The van der Waals surface area contributed by atoms with Gasteiger partial charge in [0.05, 0.1) is 27.2 Å². The molecule has 140 valence electrons. The Kier molecular flexibility index (Phi) is 4.64. The molecule has 1 amide bonds. The SMILES string of the molecule is Cn1nc(C(=O)Nc2cc(C(F)(F)F)ccc2Cl)c(=O)c2cc(F)ccc21. The highest BCUT2D eigenvalue weighted by Gasteiger charge is 2.31. The van der Waals surface area contributed by atoms with Crippen molar-refractivity contribution in [3.63, 3.8) is 0 Å². The number of anilines is 1. The van der Waals surface area contributed by atoms with Gasteiger partial charge in [0.15, 0.2) is 5.69 Å². The molecule has 3 aromatic rings. The van der Waals surface area contributed by atoms with Gasteiger partial charge in [-0.25, -0.2) is 4.39 Å². The van der Waals surface area contributed by atoms with Crippen LogP contribution in [0.1, 0.15) is 16.1 Å². The fourth-order valence-corrected chi connectivity index (χ4v) is 2.64. The Bertz CT molecular complexity index is 1130. The van der Waals surface area contributed by atoms with Crippen molar-refractivity contribution in [3.05, 3.63) is 68.7 Å². The van der Waals surface area contributed by atoms with E-state index < -0.39 is 34.6 Å². The van der Waals surface area contributed by atoms with Gasteiger partial charge in [-0.15, -0.1) is 0 Å². The van der Waals surface area contributed by atoms with E-state index >= 15 is 0 Å². The first kappa shape index (κ1) is 18.8. The van der Waals surface area contributed by atoms with E-state index in [1.54, 1.807) is 0 Å². The third-order valence-corrected chi connectivity index (χ3v) is 4.10. The lowest BCUT2D eigenvalue weighted by Crippen LogP contribution is -2.26. The third kappa shape index (κ3) is 3.63. The Morgan fingerprint density at radius 3 is 2.56 bits per heavy atom. The van der Waals surface area contributed by atoms with Crippen LogP contribution < -0.4 is 10.7 Å². The lowest BCUT2D eigenvalue weighted by Gasteiger charge is -2.12. The van der Waals surface area contributed by atoms with Crippen molar-refractivity contribution < 1.29 is 22.4 Å². The van der Waals surface area contributed by atoms with Crippen molar-refractivity contribution in [1.82, 2.24) is 9.78 Å². The first-order valence-corrected chi connectivity index (χ1v) is 7.80. The summed E-state index contributed by atoms with van der Waals surface area (Å²) < 4.78 is 53.1. The first-order chi connectivity index (χ1) is 12.6. The van der Waals surface area contributed by atoms with Crippen LogP contribution >= 0.6 is 11.6 Å². The number of carbonyl (C=O) groups is 1. The molecule has 2 aromatic carbocycles. The molecule has 1 aromatic heterocycles. The average Bonchev–Trinajstić information content (AvgIpc) is 2.58. The van der Waals surface area contributed by atoms with Crippen LogP contribution in [0.15, 0.2) is 41.2 Å². The molecule has 0 saturated carbocycles. The largest absolute Gasteiger partial charge is 0.416 e. The molecule has 27 heavy (non-hydrogen) atoms. The molecule has 0 fully saturated rings. The molecule has 0 saturated heterocycles. The quantitative estimate of drug-likeness (QED) is 0.662. The van der Waals surface area contributed by atoms with Crippen LogP contribution in [0, 0.1) is 5.82 Å². The molecule has 0 aliphatic carbocycles. The van der Waals surface area contributed by atoms with Crippen molar-refractivity contribution in [2.45, 2.75) is 6.18 Å². The number of hydrogen-bond donors (Lipinski definition) is 1. The number of aryl methyl sites for hydroxylation is 1. The van der Waals surface area contributed by atoms with Crippen LogP contribution in [-0.4, -0.2) is 15.7 Å². The van der Waals surface area contributed by atoms with Gasteiger partial charge in [0.2, 0.25) is 5.43 Å². The summed E-state index contributed by atoms with van der Waals surface area (Å²) in [6.07, 6.45) is -4.64. The van der Waals surface area contributed by atoms with Crippen molar-refractivity contribution in [3.8, 4) is 0 Å². The van der Waals surface area contributed by atoms with Crippen LogP contribution in [0.25, 0.3) is 10.9 Å². The molecular formula is C17H10ClF4N3O2. The highest BCUT2D eigenvalue weighted by Crippen LogP contribution is 2.33. The topological polar surface area (TPSA) is 64.0 Å². The van der Waals surface area contributed by atoms with Crippen LogP contribution in [0.5, 0.6) is 0 Å². The second-order valence-corrected chi connectivity index (χ2v) is 6.02. The number of nitrogens with zero attached hydrogens (tertiary/aromatic N) is 2. The molecule has 1 heterocycles. The summed E-state index contributed by atoms with van der Waals surface area (Å²) in [5.41, 5.74) is -2.54. The van der Waals surface area contributed by atoms with Gasteiger partial charge in [0, 0.05) is 7.05 Å². The van der Waals surface area contributed by atoms with Crippen LogP contribution in [-0.2, 0) is 13.2 Å². The molecular weight excluding hydrogens is 390 g/mol. The van der Waals surface area contributed by atoms with Gasteiger partial charge in [-0.3, -0.25) is 14.3 Å². The Morgan fingerprint density at radius 1 is 1.19 bits per heavy atom. The highest BCUT2D eigenvalue weighted by molar-refractivity contribution is 6.34. The molecule has 0 unspecified atom stereocenters. The normalized spacial score (nSPS) is 11.6. The Morgan fingerprint density at radius 2 is 1.89 bits per heavy atom. The minimum atomic E-state index is -4.64. The number of benzene rings is 2. The third-order valence-electron chi connectivity index (χ3n) is 3.77.